The number of para-hydroxylation sites is 1. The van der Waals surface area contributed by atoms with Crippen LogP contribution < -0.4 is 0 Å². The van der Waals surface area contributed by atoms with Crippen LogP contribution in [0.15, 0.2) is 36.8 Å². The van der Waals surface area contributed by atoms with Gasteiger partial charge in [-0.25, -0.2) is 4.98 Å². The maximum absolute atomic E-state index is 12.8. The van der Waals surface area contributed by atoms with Crippen molar-refractivity contribution in [3.05, 3.63) is 53.7 Å². The Bertz CT molecular complexity index is 784. The van der Waals surface area contributed by atoms with Crippen molar-refractivity contribution >= 4 is 16.7 Å². The second kappa shape index (κ2) is 4.34. The van der Waals surface area contributed by atoms with Crippen molar-refractivity contribution in [2.45, 2.75) is 19.3 Å². The number of hydrogen-bond donors (Lipinski definition) is 2. The number of rotatable bonds is 2. The number of carbonyl (C=O) groups is 1. The number of aromatic amines is 2. The lowest BCUT2D eigenvalue weighted by atomic mass is 9.84. The fourth-order valence-electron chi connectivity index (χ4n) is 3.12. The third-order valence-electron chi connectivity index (χ3n) is 4.21. The number of hydrogen-bond acceptors (Lipinski definition) is 2. The van der Waals surface area contributed by atoms with Gasteiger partial charge in [0, 0.05) is 34.3 Å². The molecule has 0 amide bonds. The average molecular weight is 265 g/mol. The third-order valence-corrected chi connectivity index (χ3v) is 4.21. The number of ketones is 1. The van der Waals surface area contributed by atoms with Gasteiger partial charge in [0.1, 0.15) is 0 Å². The summed E-state index contributed by atoms with van der Waals surface area (Å²) in [5, 5.41) is 1.02. The Hall–Kier alpha value is -2.36. The average Bonchev–Trinajstić information content (AvgIpc) is 3.12. The number of carbonyl (C=O) groups excluding carboxylic acids is 1. The number of aryl methyl sites for hydroxylation is 1. The summed E-state index contributed by atoms with van der Waals surface area (Å²) < 4.78 is 0. The van der Waals surface area contributed by atoms with Gasteiger partial charge in [-0.2, -0.15) is 0 Å². The van der Waals surface area contributed by atoms with Gasteiger partial charge in [-0.15, -0.1) is 0 Å². The van der Waals surface area contributed by atoms with Crippen molar-refractivity contribution in [3.8, 4) is 0 Å². The predicted molar refractivity (Wildman–Crippen MR) is 76.7 cm³/mol. The quantitative estimate of drug-likeness (QED) is 0.700. The van der Waals surface area contributed by atoms with E-state index < -0.39 is 0 Å². The first-order chi connectivity index (χ1) is 9.83. The van der Waals surface area contributed by atoms with Gasteiger partial charge in [0.2, 0.25) is 0 Å². The van der Waals surface area contributed by atoms with E-state index in [1.807, 2.05) is 30.5 Å². The molecule has 4 rings (SSSR count). The normalized spacial score (nSPS) is 18.1. The molecule has 0 unspecified atom stereocenters. The molecule has 0 fully saturated rings. The Morgan fingerprint density at radius 2 is 2.15 bits per heavy atom. The Morgan fingerprint density at radius 3 is 3.10 bits per heavy atom. The first-order valence-corrected chi connectivity index (χ1v) is 6.94. The van der Waals surface area contributed by atoms with Crippen molar-refractivity contribution in [2.75, 3.05) is 0 Å². The number of Topliss-reactive ketones (excluding diaryl/α,β-unsaturated/α-hetero) is 1. The molecule has 0 radical (unpaired) electrons. The van der Waals surface area contributed by atoms with Gasteiger partial charge >= 0.3 is 0 Å². The van der Waals surface area contributed by atoms with E-state index in [2.05, 4.69) is 15.0 Å². The van der Waals surface area contributed by atoms with Gasteiger partial charge in [-0.1, -0.05) is 18.2 Å². The van der Waals surface area contributed by atoms with Crippen LogP contribution in [-0.4, -0.2) is 20.7 Å². The van der Waals surface area contributed by atoms with Crippen LogP contribution in [0.25, 0.3) is 10.9 Å². The summed E-state index contributed by atoms with van der Waals surface area (Å²) in [5.74, 6) is 0.296. The van der Waals surface area contributed by atoms with E-state index in [0.717, 1.165) is 47.1 Å². The number of imidazole rings is 1. The first kappa shape index (κ1) is 11.5. The minimum atomic E-state index is 0.0576. The molecule has 0 bridgehead atoms. The molecule has 100 valence electrons. The lowest BCUT2D eigenvalue weighted by molar-refractivity contribution is 0.0909. The van der Waals surface area contributed by atoms with Crippen LogP contribution in [0.3, 0.4) is 0 Å². The van der Waals surface area contributed by atoms with Gasteiger partial charge in [-0.3, -0.25) is 4.79 Å². The molecule has 0 saturated heterocycles. The van der Waals surface area contributed by atoms with Gasteiger partial charge in [0.05, 0.1) is 12.0 Å². The van der Waals surface area contributed by atoms with Gasteiger partial charge in [-0.05, 0) is 25.3 Å². The van der Waals surface area contributed by atoms with E-state index in [0.29, 0.717) is 0 Å². The summed E-state index contributed by atoms with van der Waals surface area (Å²) in [5.41, 5.74) is 4.07. The molecule has 4 heteroatoms. The molecule has 0 spiro atoms. The number of H-pyrrole nitrogens is 2. The van der Waals surface area contributed by atoms with Crippen LogP contribution in [0.2, 0.25) is 0 Å². The van der Waals surface area contributed by atoms with Crippen LogP contribution in [0.4, 0.5) is 0 Å². The predicted octanol–water partition coefficient (Wildman–Crippen LogP) is 2.88. The lowest BCUT2D eigenvalue weighted by Crippen LogP contribution is -2.22. The monoisotopic (exact) mass is 265 g/mol. The molecule has 2 aromatic heterocycles. The number of nitrogens with one attached hydrogen (secondary N) is 2. The van der Waals surface area contributed by atoms with E-state index in [-0.39, 0.29) is 11.7 Å². The van der Waals surface area contributed by atoms with E-state index in [1.165, 1.54) is 0 Å². The highest BCUT2D eigenvalue weighted by atomic mass is 16.1. The van der Waals surface area contributed by atoms with Crippen LogP contribution in [0.5, 0.6) is 0 Å². The topological polar surface area (TPSA) is 61.5 Å². The van der Waals surface area contributed by atoms with Gasteiger partial charge < -0.3 is 9.97 Å². The molecule has 1 aliphatic rings. The first-order valence-electron chi connectivity index (χ1n) is 6.94. The summed E-state index contributed by atoms with van der Waals surface area (Å²) in [6.07, 6.45) is 6.11. The van der Waals surface area contributed by atoms with Crippen LogP contribution in [0, 0.1) is 5.92 Å². The smallest absolute Gasteiger partial charge is 0.168 e. The molecule has 2 N–H and O–H groups in total. The summed E-state index contributed by atoms with van der Waals surface area (Å²) in [7, 11) is 0. The molecule has 2 heterocycles. The summed E-state index contributed by atoms with van der Waals surface area (Å²) in [4.78, 5) is 23.4. The zero-order chi connectivity index (χ0) is 13.5. The summed E-state index contributed by atoms with van der Waals surface area (Å²) in [6, 6.07) is 7.95. The third kappa shape index (κ3) is 1.68. The zero-order valence-electron chi connectivity index (χ0n) is 11.0. The maximum atomic E-state index is 12.8. The highest BCUT2D eigenvalue weighted by Crippen LogP contribution is 2.28. The Morgan fingerprint density at radius 1 is 1.25 bits per heavy atom. The fourth-order valence-corrected chi connectivity index (χ4v) is 3.12. The van der Waals surface area contributed by atoms with Crippen molar-refractivity contribution < 1.29 is 4.79 Å². The van der Waals surface area contributed by atoms with Crippen LogP contribution in [-0.2, 0) is 12.8 Å². The minimum absolute atomic E-state index is 0.0576. The highest BCUT2D eigenvalue weighted by molar-refractivity contribution is 6.09. The summed E-state index contributed by atoms with van der Waals surface area (Å²) >= 11 is 0. The molecule has 20 heavy (non-hydrogen) atoms. The number of benzene rings is 1. The molecule has 1 atom stereocenters. The van der Waals surface area contributed by atoms with Crippen molar-refractivity contribution in [3.63, 3.8) is 0 Å². The standard InChI is InChI=1S/C16H15N3O/c20-16(10-5-6-14-15(7-10)19-9-18-14)12-8-17-13-4-2-1-3-11(12)13/h1-4,8-10,17H,5-7H2,(H,18,19)/t10-/m1/s1. The number of fused-ring (bicyclic) bond motifs is 2. The Labute approximate surface area is 116 Å². The molecular formula is C16H15N3O. The molecule has 3 aromatic rings. The largest absolute Gasteiger partial charge is 0.360 e. The zero-order valence-corrected chi connectivity index (χ0v) is 11.0. The van der Waals surface area contributed by atoms with Crippen molar-refractivity contribution in [2.24, 2.45) is 5.92 Å². The van der Waals surface area contributed by atoms with E-state index in [1.54, 1.807) is 6.33 Å². The maximum Gasteiger partial charge on any atom is 0.168 e. The van der Waals surface area contributed by atoms with Crippen LogP contribution in [0.1, 0.15) is 28.2 Å². The molecule has 1 aromatic carbocycles. The van der Waals surface area contributed by atoms with Crippen molar-refractivity contribution in [1.82, 2.24) is 15.0 Å². The molecule has 0 aliphatic heterocycles. The van der Waals surface area contributed by atoms with Gasteiger partial charge in [0.25, 0.3) is 0 Å². The lowest BCUT2D eigenvalue weighted by Gasteiger charge is -2.19. The number of nitrogens with zero attached hydrogens (tertiary/aromatic N) is 1. The minimum Gasteiger partial charge on any atom is -0.360 e. The molecule has 0 saturated carbocycles. The Kier molecular flexibility index (Phi) is 2.49. The molecule has 1 aliphatic carbocycles. The van der Waals surface area contributed by atoms with E-state index >= 15 is 0 Å². The fraction of sp³-hybridized carbons (Fsp3) is 0.250. The van der Waals surface area contributed by atoms with Gasteiger partial charge in [0.15, 0.2) is 5.78 Å². The van der Waals surface area contributed by atoms with Crippen LogP contribution >= 0.6 is 0 Å². The highest BCUT2D eigenvalue weighted by Gasteiger charge is 2.28. The molecule has 4 nitrogen and oxygen atoms in total. The van der Waals surface area contributed by atoms with E-state index in [4.69, 9.17) is 0 Å². The number of aromatic nitrogens is 3. The molecular weight excluding hydrogens is 250 g/mol. The summed E-state index contributed by atoms with van der Waals surface area (Å²) in [6.45, 7) is 0. The Balaban J connectivity index is 1.68. The SMILES string of the molecule is O=C(c1c[nH]c2ccccc12)[C@@H]1CCc2nc[nH]c2C1. The second-order valence-corrected chi connectivity index (χ2v) is 5.38. The van der Waals surface area contributed by atoms with E-state index in [9.17, 15) is 4.79 Å². The van der Waals surface area contributed by atoms with Crippen molar-refractivity contribution in [1.29, 1.82) is 0 Å². The second-order valence-electron chi connectivity index (χ2n) is 5.38.